The molecule has 3 aromatic rings. The number of rotatable bonds is 5. The molecule has 0 aliphatic carbocycles. The van der Waals surface area contributed by atoms with Gasteiger partial charge in [0, 0.05) is 42.6 Å². The fourth-order valence-corrected chi connectivity index (χ4v) is 4.93. The summed E-state index contributed by atoms with van der Waals surface area (Å²) < 4.78 is 26.5. The zero-order valence-electron chi connectivity index (χ0n) is 17.0. The van der Waals surface area contributed by atoms with Gasteiger partial charge in [0.1, 0.15) is 11.4 Å². The maximum absolute atomic E-state index is 12.6. The number of aromatic nitrogens is 1. The first-order valence-corrected chi connectivity index (χ1v) is 11.5. The molecule has 2 aliphatic heterocycles. The molecule has 5 rings (SSSR count). The van der Waals surface area contributed by atoms with Gasteiger partial charge in [-0.1, -0.05) is 41.6 Å². The van der Waals surface area contributed by atoms with Crippen LogP contribution in [0.3, 0.4) is 0 Å². The number of nitrogens with zero attached hydrogens (tertiary/aromatic N) is 3. The minimum Gasteiger partial charge on any atom is -0.494 e. The highest BCUT2D eigenvalue weighted by Gasteiger charge is 2.30. The van der Waals surface area contributed by atoms with Crippen molar-refractivity contribution in [1.29, 1.82) is 0 Å². The molecule has 0 saturated carbocycles. The lowest BCUT2D eigenvalue weighted by molar-refractivity contribution is 0.183. The number of aromatic amines is 1. The average Bonchev–Trinajstić information content (AvgIpc) is 3.30. The van der Waals surface area contributed by atoms with Crippen molar-refractivity contribution in [3.63, 3.8) is 0 Å². The fraction of sp³-hybridized carbons (Fsp3) is 0.238. The third kappa shape index (κ3) is 3.97. The van der Waals surface area contributed by atoms with Crippen molar-refractivity contribution in [1.82, 2.24) is 14.6 Å². The van der Waals surface area contributed by atoms with Crippen LogP contribution in [0.4, 0.5) is 5.69 Å². The molecular formula is C21H22ClN5O4S. The third-order valence-corrected chi connectivity index (χ3v) is 6.92. The van der Waals surface area contributed by atoms with Gasteiger partial charge < -0.3 is 20.2 Å². The van der Waals surface area contributed by atoms with E-state index in [1.165, 1.54) is 4.31 Å². The number of oxime groups is 1. The van der Waals surface area contributed by atoms with E-state index in [1.807, 2.05) is 48.5 Å². The average molecular weight is 476 g/mol. The second kappa shape index (κ2) is 8.91. The quantitative estimate of drug-likeness (QED) is 0.489. The zero-order chi connectivity index (χ0) is 21.4. The minimum atomic E-state index is -3.60. The number of hydrogen-bond donors (Lipinski definition) is 3. The van der Waals surface area contributed by atoms with Crippen LogP contribution in [-0.4, -0.2) is 66.4 Å². The van der Waals surface area contributed by atoms with Crippen LogP contribution in [0.1, 0.15) is 11.1 Å². The van der Waals surface area contributed by atoms with E-state index < -0.39 is 16.0 Å². The van der Waals surface area contributed by atoms with Crippen molar-refractivity contribution in [2.75, 3.05) is 32.1 Å². The lowest BCUT2D eigenvalue weighted by atomic mass is 10.0. The van der Waals surface area contributed by atoms with Gasteiger partial charge in [0.15, 0.2) is 5.88 Å². The number of nitrogens with one attached hydrogen (secondary N) is 2. The van der Waals surface area contributed by atoms with E-state index in [0.717, 1.165) is 10.9 Å². The number of benzene rings is 2. The molecule has 32 heavy (non-hydrogen) atoms. The smallest absolute Gasteiger partial charge is 0.252 e. The van der Waals surface area contributed by atoms with E-state index in [0.29, 0.717) is 54.4 Å². The molecule has 1 aromatic heterocycles. The summed E-state index contributed by atoms with van der Waals surface area (Å²) in [6.07, 6.45) is 0. The van der Waals surface area contributed by atoms with Gasteiger partial charge in [-0.25, -0.2) is 13.4 Å². The Morgan fingerprint density at radius 1 is 1.09 bits per heavy atom. The lowest BCUT2D eigenvalue weighted by Gasteiger charge is -2.25. The molecule has 0 radical (unpaired) electrons. The molecule has 0 spiro atoms. The van der Waals surface area contributed by atoms with Gasteiger partial charge in [0.25, 0.3) is 10.0 Å². The maximum atomic E-state index is 12.6. The first-order chi connectivity index (χ1) is 15.0. The minimum absolute atomic E-state index is 0. The highest BCUT2D eigenvalue weighted by molar-refractivity contribution is 7.88. The van der Waals surface area contributed by atoms with E-state index in [4.69, 9.17) is 4.84 Å². The molecule has 0 atom stereocenters. The molecule has 0 bridgehead atoms. The summed E-state index contributed by atoms with van der Waals surface area (Å²) in [4.78, 5) is 12.9. The van der Waals surface area contributed by atoms with E-state index in [1.54, 1.807) is 0 Å². The molecule has 9 nitrogen and oxygen atoms in total. The number of piperazine rings is 1. The summed E-state index contributed by atoms with van der Waals surface area (Å²) in [5, 5.41) is 18.7. The SMILES string of the molecule is Cl.O=S(=O)(CO/N=C1/C(c2c(O)[nH]c3ccccc23)=Nc2ccccc21)N1CCNCC1. The van der Waals surface area contributed by atoms with Crippen LogP contribution in [0.15, 0.2) is 58.7 Å². The Labute approximate surface area is 191 Å². The second-order valence-corrected chi connectivity index (χ2v) is 9.24. The number of halogens is 1. The summed E-state index contributed by atoms with van der Waals surface area (Å²) in [6, 6.07) is 14.8. The largest absolute Gasteiger partial charge is 0.494 e. The Bertz CT molecular complexity index is 1310. The molecular weight excluding hydrogens is 454 g/mol. The number of aliphatic imine (C=N–C) groups is 1. The van der Waals surface area contributed by atoms with Crippen LogP contribution in [0.2, 0.25) is 0 Å². The Morgan fingerprint density at radius 3 is 2.62 bits per heavy atom. The predicted octanol–water partition coefficient (Wildman–Crippen LogP) is 2.34. The Hall–Kier alpha value is -2.92. The van der Waals surface area contributed by atoms with Crippen LogP contribution >= 0.6 is 12.4 Å². The normalized spacial score (nSPS) is 17.8. The topological polar surface area (TPSA) is 119 Å². The van der Waals surface area contributed by atoms with Gasteiger partial charge in [-0.05, 0) is 12.1 Å². The Kier molecular flexibility index (Phi) is 6.20. The fourth-order valence-electron chi connectivity index (χ4n) is 3.86. The number of hydrogen-bond acceptors (Lipinski definition) is 7. The van der Waals surface area contributed by atoms with Crippen LogP contribution in [-0.2, 0) is 14.9 Å². The Morgan fingerprint density at radius 2 is 1.81 bits per heavy atom. The molecule has 0 amide bonds. The number of sulfonamides is 1. The summed E-state index contributed by atoms with van der Waals surface area (Å²) >= 11 is 0. The molecule has 11 heteroatoms. The number of para-hydroxylation sites is 2. The van der Waals surface area contributed by atoms with Crippen molar-refractivity contribution >= 4 is 50.4 Å². The van der Waals surface area contributed by atoms with Gasteiger partial charge in [0.05, 0.1) is 11.3 Å². The molecule has 0 unspecified atom stereocenters. The standard InChI is InChI=1S/C21H21N5O4S.ClH/c27-21-18(14-5-1-3-7-16(14)24-21)20-19(15-6-2-4-8-17(15)23-20)25-30-13-31(28,29)26-11-9-22-10-12-26;/h1-8,22,24,27H,9-13H2;1H/b25-19+;. The molecule has 1 fully saturated rings. The van der Waals surface area contributed by atoms with Gasteiger partial charge in [-0.2, -0.15) is 4.31 Å². The highest BCUT2D eigenvalue weighted by atomic mass is 35.5. The van der Waals surface area contributed by atoms with Crippen LogP contribution in [0.5, 0.6) is 5.88 Å². The molecule has 3 heterocycles. The van der Waals surface area contributed by atoms with E-state index in [9.17, 15) is 13.5 Å². The first kappa shape index (κ1) is 22.3. The Balaban J connectivity index is 0.00000245. The van der Waals surface area contributed by atoms with Crippen LogP contribution in [0.25, 0.3) is 10.9 Å². The summed E-state index contributed by atoms with van der Waals surface area (Å²) in [5.74, 6) is -0.597. The number of H-pyrrole nitrogens is 1. The first-order valence-electron chi connectivity index (χ1n) is 9.91. The van der Waals surface area contributed by atoms with Crippen molar-refractivity contribution in [3.8, 4) is 5.88 Å². The van der Waals surface area contributed by atoms with Gasteiger partial charge >= 0.3 is 0 Å². The predicted molar refractivity (Wildman–Crippen MR) is 126 cm³/mol. The monoisotopic (exact) mass is 475 g/mol. The summed E-state index contributed by atoms with van der Waals surface area (Å²) in [7, 11) is -3.60. The molecule has 3 N–H and O–H groups in total. The van der Waals surface area contributed by atoms with E-state index in [-0.39, 0.29) is 18.3 Å². The van der Waals surface area contributed by atoms with Crippen molar-refractivity contribution in [3.05, 3.63) is 59.7 Å². The van der Waals surface area contributed by atoms with Gasteiger partial charge in [-0.3, -0.25) is 0 Å². The third-order valence-electron chi connectivity index (χ3n) is 5.37. The maximum Gasteiger partial charge on any atom is 0.252 e. The van der Waals surface area contributed by atoms with E-state index in [2.05, 4.69) is 20.4 Å². The van der Waals surface area contributed by atoms with Crippen molar-refractivity contribution in [2.24, 2.45) is 10.1 Å². The number of fused-ring (bicyclic) bond motifs is 2. The molecule has 168 valence electrons. The summed E-state index contributed by atoms with van der Waals surface area (Å²) in [5.41, 5.74) is 3.45. The van der Waals surface area contributed by atoms with E-state index >= 15 is 0 Å². The lowest BCUT2D eigenvalue weighted by Crippen LogP contribution is -2.47. The zero-order valence-corrected chi connectivity index (χ0v) is 18.6. The second-order valence-electron chi connectivity index (χ2n) is 7.32. The van der Waals surface area contributed by atoms with Gasteiger partial charge in [0.2, 0.25) is 5.94 Å². The van der Waals surface area contributed by atoms with Crippen molar-refractivity contribution < 1.29 is 18.4 Å². The highest BCUT2D eigenvalue weighted by Crippen LogP contribution is 2.35. The molecule has 1 saturated heterocycles. The van der Waals surface area contributed by atoms with Crippen LogP contribution < -0.4 is 5.32 Å². The summed E-state index contributed by atoms with van der Waals surface area (Å²) in [6.45, 7) is 2.03. The molecule has 2 aliphatic rings. The van der Waals surface area contributed by atoms with Gasteiger partial charge in [-0.15, -0.1) is 12.4 Å². The van der Waals surface area contributed by atoms with Crippen LogP contribution in [0, 0.1) is 0 Å². The number of aromatic hydroxyl groups is 1. The molecule has 2 aromatic carbocycles. The van der Waals surface area contributed by atoms with Crippen molar-refractivity contribution in [2.45, 2.75) is 0 Å².